The Morgan fingerprint density at radius 1 is 1.54 bits per heavy atom. The Kier molecular flexibility index (Phi) is 6.04. The van der Waals surface area contributed by atoms with Crippen molar-refractivity contribution >= 4 is 17.6 Å². The number of rotatable bonds is 3. The highest BCUT2D eigenvalue weighted by Gasteiger charge is 2.26. The van der Waals surface area contributed by atoms with Crippen LogP contribution in [0.1, 0.15) is 27.7 Å². The van der Waals surface area contributed by atoms with Gasteiger partial charge in [0.1, 0.15) is 6.10 Å². The maximum atomic E-state index is 11.0. The fourth-order valence-corrected chi connectivity index (χ4v) is 0.446. The number of halogens is 1. The lowest BCUT2D eigenvalue weighted by Gasteiger charge is -2.24. The largest absolute Gasteiger partial charge is 0.457 e. The first-order chi connectivity index (χ1) is 5.25. The van der Waals surface area contributed by atoms with Gasteiger partial charge in [-0.2, -0.15) is 0 Å². The van der Waals surface area contributed by atoms with Gasteiger partial charge in [-0.1, -0.05) is 6.58 Å². The van der Waals surface area contributed by atoms with Crippen LogP contribution >= 0.6 is 11.6 Å². The molecule has 0 bridgehead atoms. The molecular formula is C9H18ClNO2. The molecule has 0 rings (SSSR count). The topological polar surface area (TPSA) is 61.3 Å². The molecular weight excluding hydrogens is 190 g/mol. The molecule has 0 fully saturated rings. The third-order valence-corrected chi connectivity index (χ3v) is 1.91. The van der Waals surface area contributed by atoms with Gasteiger partial charge in [0, 0.05) is 5.57 Å². The molecule has 13 heavy (non-hydrogen) atoms. The van der Waals surface area contributed by atoms with E-state index >= 15 is 0 Å². The maximum Gasteiger partial charge on any atom is 0.333 e. The summed E-state index contributed by atoms with van der Waals surface area (Å²) < 4.78 is 5.01. The van der Waals surface area contributed by atoms with E-state index in [4.69, 9.17) is 16.3 Å². The number of carbonyl (C=O) groups is 1. The van der Waals surface area contributed by atoms with Crippen LogP contribution in [0.4, 0.5) is 0 Å². The van der Waals surface area contributed by atoms with Crippen LogP contribution in [0.2, 0.25) is 0 Å². The van der Waals surface area contributed by atoms with Crippen LogP contribution in [0.15, 0.2) is 12.2 Å². The lowest BCUT2D eigenvalue weighted by molar-refractivity contribution is -0.144. The minimum absolute atomic E-state index is 0. The standard InChI is InChI=1S/C9H15ClO2.H3N/c1-6(2)8(11)12-7(3)9(4,5)10;/h7H,1H2,2-5H3;1H3. The summed E-state index contributed by atoms with van der Waals surface area (Å²) >= 11 is 5.93. The number of esters is 1. The lowest BCUT2D eigenvalue weighted by Crippen LogP contribution is -2.32. The maximum absolute atomic E-state index is 11.0. The summed E-state index contributed by atoms with van der Waals surface area (Å²) in [6.07, 6.45) is -0.316. The molecule has 0 aliphatic heterocycles. The van der Waals surface area contributed by atoms with Gasteiger partial charge in [0.05, 0.1) is 4.87 Å². The van der Waals surface area contributed by atoms with Crippen molar-refractivity contribution in [2.45, 2.75) is 38.7 Å². The fourth-order valence-electron chi connectivity index (χ4n) is 0.401. The Morgan fingerprint density at radius 3 is 2.15 bits per heavy atom. The van der Waals surface area contributed by atoms with Gasteiger partial charge in [0.2, 0.25) is 0 Å². The molecule has 0 aromatic carbocycles. The van der Waals surface area contributed by atoms with Gasteiger partial charge in [-0.15, -0.1) is 11.6 Å². The van der Waals surface area contributed by atoms with Gasteiger partial charge >= 0.3 is 5.97 Å². The van der Waals surface area contributed by atoms with Crippen molar-refractivity contribution in [1.29, 1.82) is 0 Å². The monoisotopic (exact) mass is 207 g/mol. The zero-order chi connectivity index (χ0) is 9.94. The molecule has 1 atom stereocenters. The summed E-state index contributed by atoms with van der Waals surface area (Å²) in [6, 6.07) is 0. The normalized spacial score (nSPS) is 12.7. The van der Waals surface area contributed by atoms with Crippen molar-refractivity contribution in [2.24, 2.45) is 0 Å². The first-order valence-electron chi connectivity index (χ1n) is 3.80. The fraction of sp³-hybridized carbons (Fsp3) is 0.667. The van der Waals surface area contributed by atoms with E-state index in [1.807, 2.05) is 0 Å². The second kappa shape index (κ2) is 5.25. The van der Waals surface area contributed by atoms with Gasteiger partial charge in [0.15, 0.2) is 0 Å². The molecule has 3 N–H and O–H groups in total. The number of hydrogen-bond donors (Lipinski definition) is 1. The SMILES string of the molecule is C=C(C)C(=O)OC(C)C(C)(C)Cl.N. The molecule has 0 radical (unpaired) electrons. The summed E-state index contributed by atoms with van der Waals surface area (Å²) in [5.74, 6) is -0.392. The molecule has 0 aliphatic rings. The number of hydrogen-bond acceptors (Lipinski definition) is 3. The van der Waals surface area contributed by atoms with E-state index in [-0.39, 0.29) is 12.3 Å². The van der Waals surface area contributed by atoms with E-state index in [9.17, 15) is 4.79 Å². The number of carbonyl (C=O) groups excluding carboxylic acids is 1. The second-order valence-electron chi connectivity index (χ2n) is 3.39. The lowest BCUT2D eigenvalue weighted by atomic mass is 10.1. The Bertz CT molecular complexity index is 196. The summed E-state index contributed by atoms with van der Waals surface area (Å²) in [5.41, 5.74) is 0.391. The van der Waals surface area contributed by atoms with Crippen LogP contribution in [-0.2, 0) is 9.53 Å². The zero-order valence-electron chi connectivity index (χ0n) is 8.69. The number of alkyl halides is 1. The second-order valence-corrected chi connectivity index (χ2v) is 4.37. The number of ether oxygens (including phenoxy) is 1. The molecule has 0 aliphatic carbocycles. The average molecular weight is 208 g/mol. The van der Waals surface area contributed by atoms with Crippen molar-refractivity contribution in [3.05, 3.63) is 12.2 Å². The summed E-state index contributed by atoms with van der Waals surface area (Å²) in [6.45, 7) is 10.4. The molecule has 4 heteroatoms. The minimum Gasteiger partial charge on any atom is -0.457 e. The highest BCUT2D eigenvalue weighted by molar-refractivity contribution is 6.23. The van der Waals surface area contributed by atoms with Crippen molar-refractivity contribution in [3.63, 3.8) is 0 Å². The van der Waals surface area contributed by atoms with Crippen molar-refractivity contribution in [1.82, 2.24) is 6.15 Å². The molecule has 0 saturated carbocycles. The van der Waals surface area contributed by atoms with Crippen LogP contribution in [-0.4, -0.2) is 16.9 Å². The van der Waals surface area contributed by atoms with Gasteiger partial charge in [-0.3, -0.25) is 0 Å². The van der Waals surface area contributed by atoms with Crippen LogP contribution < -0.4 is 6.15 Å². The van der Waals surface area contributed by atoms with Gasteiger partial charge in [-0.05, 0) is 27.7 Å². The predicted octanol–water partition coefficient (Wildman–Crippen LogP) is 2.67. The van der Waals surface area contributed by atoms with E-state index in [1.54, 1.807) is 27.7 Å². The molecule has 0 aromatic rings. The highest BCUT2D eigenvalue weighted by atomic mass is 35.5. The first-order valence-corrected chi connectivity index (χ1v) is 4.18. The Hall–Kier alpha value is -0.540. The first kappa shape index (κ1) is 15.0. The van der Waals surface area contributed by atoms with E-state index in [1.165, 1.54) is 0 Å². The predicted molar refractivity (Wildman–Crippen MR) is 55.3 cm³/mol. The van der Waals surface area contributed by atoms with Gasteiger partial charge in [0.25, 0.3) is 0 Å². The summed E-state index contributed by atoms with van der Waals surface area (Å²) in [7, 11) is 0. The Labute approximate surface area is 84.7 Å². The molecule has 0 amide bonds. The van der Waals surface area contributed by atoms with Crippen LogP contribution in [0, 0.1) is 0 Å². The van der Waals surface area contributed by atoms with Crippen LogP contribution in [0.25, 0.3) is 0 Å². The highest BCUT2D eigenvalue weighted by Crippen LogP contribution is 2.21. The third kappa shape index (κ3) is 5.66. The minimum atomic E-state index is -0.537. The van der Waals surface area contributed by atoms with E-state index < -0.39 is 10.8 Å². The Balaban J connectivity index is 0. The van der Waals surface area contributed by atoms with E-state index in [0.717, 1.165) is 0 Å². The Morgan fingerprint density at radius 2 is 1.92 bits per heavy atom. The van der Waals surface area contributed by atoms with Crippen LogP contribution in [0.3, 0.4) is 0 Å². The molecule has 78 valence electrons. The van der Waals surface area contributed by atoms with Gasteiger partial charge < -0.3 is 10.9 Å². The molecule has 0 spiro atoms. The van der Waals surface area contributed by atoms with Crippen molar-refractivity contribution in [3.8, 4) is 0 Å². The molecule has 0 heterocycles. The third-order valence-electron chi connectivity index (χ3n) is 1.60. The van der Waals surface area contributed by atoms with E-state index in [0.29, 0.717) is 5.57 Å². The molecule has 0 aromatic heterocycles. The molecule has 0 saturated heterocycles. The van der Waals surface area contributed by atoms with Crippen molar-refractivity contribution in [2.75, 3.05) is 0 Å². The quantitative estimate of drug-likeness (QED) is 0.440. The van der Waals surface area contributed by atoms with E-state index in [2.05, 4.69) is 6.58 Å². The molecule has 1 unspecified atom stereocenters. The van der Waals surface area contributed by atoms with Crippen molar-refractivity contribution < 1.29 is 9.53 Å². The smallest absolute Gasteiger partial charge is 0.333 e. The van der Waals surface area contributed by atoms with Crippen LogP contribution in [0.5, 0.6) is 0 Å². The average Bonchev–Trinajstić information content (AvgIpc) is 1.85. The van der Waals surface area contributed by atoms with Gasteiger partial charge in [-0.25, -0.2) is 4.79 Å². The molecule has 3 nitrogen and oxygen atoms in total. The summed E-state index contributed by atoms with van der Waals surface area (Å²) in [4.78, 5) is 10.5. The zero-order valence-corrected chi connectivity index (χ0v) is 9.44. The summed E-state index contributed by atoms with van der Waals surface area (Å²) in [5, 5.41) is 0.